The largest absolute Gasteiger partial charge is 0.479 e. The molecule has 6 nitrogen and oxygen atoms in total. The fraction of sp³-hybridized carbons (Fsp3) is 0.667. The molecule has 0 radical (unpaired) electrons. The van der Waals surface area contributed by atoms with E-state index in [0.29, 0.717) is 12.8 Å². The molecule has 2 saturated carbocycles. The smallest absolute Gasteiger partial charge is 0.408 e. The van der Waals surface area contributed by atoms with E-state index < -0.39 is 29.1 Å². The number of rotatable bonds is 4. The van der Waals surface area contributed by atoms with Crippen LogP contribution in [0, 0.1) is 5.41 Å². The molecule has 0 aromatic heterocycles. The van der Waals surface area contributed by atoms with Crippen LogP contribution in [0.25, 0.3) is 0 Å². The summed E-state index contributed by atoms with van der Waals surface area (Å²) in [4.78, 5) is 23.0. The molecule has 0 aromatic carbocycles. The van der Waals surface area contributed by atoms with Gasteiger partial charge < -0.3 is 20.3 Å². The van der Waals surface area contributed by atoms with E-state index in [9.17, 15) is 19.8 Å². The number of aliphatic carboxylic acids is 1. The highest BCUT2D eigenvalue weighted by Gasteiger charge is 2.72. The van der Waals surface area contributed by atoms with Gasteiger partial charge in [0.05, 0.1) is 6.10 Å². The highest BCUT2D eigenvalue weighted by molar-refractivity contribution is 5.87. The summed E-state index contributed by atoms with van der Waals surface area (Å²) in [6.07, 6.45) is 2.09. The third-order valence-electron chi connectivity index (χ3n) is 4.25. The molecule has 0 saturated heterocycles. The van der Waals surface area contributed by atoms with Gasteiger partial charge in [0, 0.05) is 11.8 Å². The van der Waals surface area contributed by atoms with Gasteiger partial charge in [-0.2, -0.15) is 0 Å². The molecule has 2 unspecified atom stereocenters. The van der Waals surface area contributed by atoms with Crippen molar-refractivity contribution in [2.24, 2.45) is 5.41 Å². The number of aliphatic hydroxyl groups is 1. The van der Waals surface area contributed by atoms with Crippen molar-refractivity contribution in [1.82, 2.24) is 5.32 Å². The maximum atomic E-state index is 11.5. The van der Waals surface area contributed by atoms with Crippen molar-refractivity contribution in [3.05, 3.63) is 12.7 Å². The fourth-order valence-electron chi connectivity index (χ4n) is 3.03. The van der Waals surface area contributed by atoms with Crippen LogP contribution in [0.3, 0.4) is 0 Å². The van der Waals surface area contributed by atoms with Crippen LogP contribution in [-0.2, 0) is 9.53 Å². The summed E-state index contributed by atoms with van der Waals surface area (Å²) >= 11 is 0. The Morgan fingerprint density at radius 2 is 2.17 bits per heavy atom. The van der Waals surface area contributed by atoms with Crippen LogP contribution in [0.1, 0.15) is 25.7 Å². The zero-order chi connectivity index (χ0) is 13.4. The summed E-state index contributed by atoms with van der Waals surface area (Å²) in [5.41, 5.74) is -2.10. The van der Waals surface area contributed by atoms with E-state index in [1.165, 1.54) is 6.08 Å². The van der Waals surface area contributed by atoms with Crippen LogP contribution >= 0.6 is 0 Å². The van der Waals surface area contributed by atoms with Crippen molar-refractivity contribution in [3.8, 4) is 0 Å². The van der Waals surface area contributed by atoms with Gasteiger partial charge in [0.25, 0.3) is 0 Å². The maximum absolute atomic E-state index is 11.5. The Hall–Kier alpha value is -1.56. The minimum Gasteiger partial charge on any atom is -0.479 e. The number of aliphatic hydroxyl groups excluding tert-OH is 1. The molecule has 0 heterocycles. The normalized spacial score (nSPS) is 31.9. The van der Waals surface area contributed by atoms with Gasteiger partial charge in [-0.3, -0.25) is 0 Å². The number of carboxylic acids is 1. The number of alkyl carbamates (subject to hydrolysis) is 1. The van der Waals surface area contributed by atoms with E-state index in [1.807, 2.05) is 0 Å². The lowest BCUT2D eigenvalue weighted by Crippen LogP contribution is -2.79. The molecule has 100 valence electrons. The van der Waals surface area contributed by atoms with Crippen molar-refractivity contribution in [2.45, 2.75) is 37.3 Å². The SMILES string of the molecule is C=CCOC(=O)NC1(C(=O)O)CC(O)C12CCC2. The second-order valence-corrected chi connectivity index (χ2v) is 4.95. The van der Waals surface area contributed by atoms with Crippen molar-refractivity contribution >= 4 is 12.1 Å². The van der Waals surface area contributed by atoms with E-state index in [0.717, 1.165) is 6.42 Å². The molecule has 2 aliphatic rings. The molecule has 0 aromatic rings. The molecule has 3 N–H and O–H groups in total. The predicted octanol–water partition coefficient (Wildman–Crippen LogP) is 0.657. The molecule has 18 heavy (non-hydrogen) atoms. The van der Waals surface area contributed by atoms with E-state index in [2.05, 4.69) is 11.9 Å². The summed E-state index contributed by atoms with van der Waals surface area (Å²) in [6, 6.07) is 0. The average molecular weight is 255 g/mol. The van der Waals surface area contributed by atoms with Crippen LogP contribution in [0.4, 0.5) is 4.79 Å². The number of hydrogen-bond acceptors (Lipinski definition) is 4. The Labute approximate surface area is 105 Å². The van der Waals surface area contributed by atoms with E-state index in [1.54, 1.807) is 0 Å². The quantitative estimate of drug-likeness (QED) is 0.641. The summed E-state index contributed by atoms with van der Waals surface area (Å²) < 4.78 is 4.76. The highest BCUT2D eigenvalue weighted by atomic mass is 16.5. The Morgan fingerprint density at radius 1 is 1.50 bits per heavy atom. The number of carbonyl (C=O) groups is 2. The first kappa shape index (κ1) is 12.9. The number of carboxylic acid groups (broad SMARTS) is 1. The molecule has 0 aliphatic heterocycles. The lowest BCUT2D eigenvalue weighted by molar-refractivity contribution is -0.212. The summed E-state index contributed by atoms with van der Waals surface area (Å²) in [6.45, 7) is 3.43. The number of ether oxygens (including phenoxy) is 1. The molecule has 1 amide bonds. The van der Waals surface area contributed by atoms with Gasteiger partial charge in [0.2, 0.25) is 0 Å². The third-order valence-corrected chi connectivity index (χ3v) is 4.25. The van der Waals surface area contributed by atoms with Gasteiger partial charge in [-0.25, -0.2) is 9.59 Å². The van der Waals surface area contributed by atoms with E-state index >= 15 is 0 Å². The van der Waals surface area contributed by atoms with Crippen LogP contribution < -0.4 is 5.32 Å². The molecule has 2 aliphatic carbocycles. The second-order valence-electron chi connectivity index (χ2n) is 4.95. The van der Waals surface area contributed by atoms with Gasteiger partial charge >= 0.3 is 12.1 Å². The fourth-order valence-corrected chi connectivity index (χ4v) is 3.03. The minimum atomic E-state index is -1.39. The van der Waals surface area contributed by atoms with Crippen molar-refractivity contribution in [3.63, 3.8) is 0 Å². The first-order valence-electron chi connectivity index (χ1n) is 5.96. The highest BCUT2D eigenvalue weighted by Crippen LogP contribution is 2.62. The predicted molar refractivity (Wildman–Crippen MR) is 62.0 cm³/mol. The number of carbonyl (C=O) groups excluding carboxylic acids is 1. The second kappa shape index (κ2) is 4.28. The summed E-state index contributed by atoms with van der Waals surface area (Å²) in [7, 11) is 0. The van der Waals surface area contributed by atoms with Crippen LogP contribution in [0.5, 0.6) is 0 Å². The van der Waals surface area contributed by atoms with Crippen LogP contribution in [0.15, 0.2) is 12.7 Å². The van der Waals surface area contributed by atoms with Gasteiger partial charge in [0.15, 0.2) is 5.54 Å². The average Bonchev–Trinajstić information content (AvgIpc) is 2.22. The molecule has 0 bridgehead atoms. The first-order chi connectivity index (χ1) is 8.48. The Balaban J connectivity index is 2.12. The monoisotopic (exact) mass is 255 g/mol. The van der Waals surface area contributed by atoms with Gasteiger partial charge in [-0.15, -0.1) is 0 Å². The lowest BCUT2D eigenvalue weighted by Gasteiger charge is -2.64. The number of nitrogens with one attached hydrogen (secondary N) is 1. The van der Waals surface area contributed by atoms with Crippen molar-refractivity contribution in [2.75, 3.05) is 6.61 Å². The van der Waals surface area contributed by atoms with Crippen molar-refractivity contribution < 1.29 is 24.5 Å². The Morgan fingerprint density at radius 3 is 2.56 bits per heavy atom. The first-order valence-corrected chi connectivity index (χ1v) is 5.96. The molecule has 2 rings (SSSR count). The van der Waals surface area contributed by atoms with E-state index in [-0.39, 0.29) is 13.0 Å². The van der Waals surface area contributed by atoms with Crippen molar-refractivity contribution in [1.29, 1.82) is 0 Å². The zero-order valence-electron chi connectivity index (χ0n) is 10.0. The molecule has 2 atom stereocenters. The van der Waals surface area contributed by atoms with Gasteiger partial charge in [-0.05, 0) is 12.8 Å². The van der Waals surface area contributed by atoms with Crippen LogP contribution in [-0.4, -0.2) is 40.5 Å². The van der Waals surface area contributed by atoms with Gasteiger partial charge in [0.1, 0.15) is 6.61 Å². The molecular weight excluding hydrogens is 238 g/mol. The Kier molecular flexibility index (Phi) is 3.06. The number of hydrogen-bond donors (Lipinski definition) is 3. The topological polar surface area (TPSA) is 95.9 Å². The standard InChI is InChI=1S/C12H17NO5/c1-2-6-18-10(17)13-12(9(15)16)7-8(14)11(12)4-3-5-11/h2,8,14H,1,3-7H2,(H,13,17)(H,15,16). The summed E-state index contributed by atoms with van der Waals surface area (Å²) in [5.74, 6) is -1.11. The number of amides is 1. The zero-order valence-corrected chi connectivity index (χ0v) is 10.0. The maximum Gasteiger partial charge on any atom is 0.408 e. The third kappa shape index (κ3) is 1.52. The van der Waals surface area contributed by atoms with Gasteiger partial charge in [-0.1, -0.05) is 19.1 Å². The molecular formula is C12H17NO5. The van der Waals surface area contributed by atoms with Crippen LogP contribution in [0.2, 0.25) is 0 Å². The lowest BCUT2D eigenvalue weighted by atomic mass is 9.43. The molecule has 2 fully saturated rings. The summed E-state index contributed by atoms with van der Waals surface area (Å²) in [5, 5.41) is 21.6. The van der Waals surface area contributed by atoms with E-state index in [4.69, 9.17) is 4.74 Å². The minimum absolute atomic E-state index is 0.0249. The molecule has 1 spiro atoms. The Bertz CT molecular complexity index is 390. The molecule has 6 heteroatoms.